The molecular weight excluding hydrogens is 463 g/mol. The van der Waals surface area contributed by atoms with Crippen LogP contribution in [0.25, 0.3) is 0 Å². The molecule has 0 aliphatic carbocycles. The second-order valence-corrected chi connectivity index (χ2v) is 8.65. The second-order valence-electron chi connectivity index (χ2n) is 2.95. The van der Waals surface area contributed by atoms with Crippen LogP contribution in [0.2, 0.25) is 0 Å². The van der Waals surface area contributed by atoms with E-state index >= 15 is 0 Å². The third-order valence-electron chi connectivity index (χ3n) is 1.85. The minimum absolute atomic E-state index is 0.277. The molecule has 0 spiro atoms. The fourth-order valence-corrected chi connectivity index (χ4v) is 5.72. The molecule has 0 N–H and O–H groups in total. The van der Waals surface area contributed by atoms with Gasteiger partial charge in [-0.15, -0.1) is 0 Å². The van der Waals surface area contributed by atoms with E-state index in [1.54, 1.807) is 0 Å². The van der Waals surface area contributed by atoms with Gasteiger partial charge in [0, 0.05) is 0 Å². The number of halogens is 3. The summed E-state index contributed by atoms with van der Waals surface area (Å²) in [7, 11) is 0. The molecule has 0 fully saturated rings. The molecule has 1 aromatic heterocycles. The van der Waals surface area contributed by atoms with E-state index in [-0.39, 0.29) is 14.5 Å². The topological polar surface area (TPSA) is 0 Å². The van der Waals surface area contributed by atoms with E-state index in [0.717, 1.165) is 18.9 Å². The third-order valence-corrected chi connectivity index (χ3v) is 8.79. The van der Waals surface area contributed by atoms with Crippen molar-refractivity contribution in [2.24, 2.45) is 0 Å². The summed E-state index contributed by atoms with van der Waals surface area (Å²) in [5.41, 5.74) is 1.05. The average Bonchev–Trinajstić information content (AvgIpc) is 2.56. The van der Waals surface area contributed by atoms with E-state index < -0.39 is 0 Å². The van der Waals surface area contributed by atoms with E-state index in [4.69, 9.17) is 0 Å². The van der Waals surface area contributed by atoms with Crippen molar-refractivity contribution in [2.75, 3.05) is 0 Å². The Bertz CT molecular complexity index is 561. The third kappa shape index (κ3) is 2.91. The van der Waals surface area contributed by atoms with Gasteiger partial charge in [-0.05, 0) is 0 Å². The summed E-state index contributed by atoms with van der Waals surface area (Å²) < 4.78 is 4.52. The van der Waals surface area contributed by atoms with Crippen LogP contribution >= 0.6 is 47.8 Å². The van der Waals surface area contributed by atoms with E-state index in [9.17, 15) is 0 Å². The molecule has 0 atom stereocenters. The van der Waals surface area contributed by atoms with Gasteiger partial charge in [0.1, 0.15) is 0 Å². The van der Waals surface area contributed by atoms with Gasteiger partial charge in [0.2, 0.25) is 0 Å². The molecule has 2 rings (SSSR count). The fraction of sp³-hybridized carbons (Fsp3) is 0. The zero-order chi connectivity index (χ0) is 11.5. The molecule has 0 radical (unpaired) electrons. The van der Waals surface area contributed by atoms with Crippen molar-refractivity contribution < 1.29 is 0 Å². The predicted molar refractivity (Wildman–Crippen MR) is 78.9 cm³/mol. The molecule has 16 heavy (non-hydrogen) atoms. The maximum absolute atomic E-state index is 3.54. The molecule has 0 bridgehead atoms. The summed E-state index contributed by atoms with van der Waals surface area (Å²) in [6, 6.07) is 10.0. The summed E-state index contributed by atoms with van der Waals surface area (Å²) in [6.45, 7) is 0. The Morgan fingerprint density at radius 1 is 0.875 bits per heavy atom. The van der Waals surface area contributed by atoms with Crippen LogP contribution < -0.4 is 0 Å². The Hall–Kier alpha value is 0.219. The van der Waals surface area contributed by atoms with Crippen LogP contribution in [0.3, 0.4) is 0 Å². The molecule has 4 heteroatoms. The zero-order valence-electron chi connectivity index (χ0n) is 7.93. The van der Waals surface area contributed by atoms with Gasteiger partial charge in [0.25, 0.3) is 0 Å². The van der Waals surface area contributed by atoms with Crippen molar-refractivity contribution >= 4 is 62.3 Å². The van der Waals surface area contributed by atoms with Gasteiger partial charge in [0.05, 0.1) is 0 Å². The molecule has 0 unspecified atom stereocenters. The zero-order valence-corrected chi connectivity index (χ0v) is 14.4. The molecular formula is C12H5Br3Se. The van der Waals surface area contributed by atoms with E-state index in [0.29, 0.717) is 0 Å². The molecule has 0 aliphatic rings. The van der Waals surface area contributed by atoms with Gasteiger partial charge in [-0.2, -0.15) is 0 Å². The molecule has 2 aromatic rings. The quantitative estimate of drug-likeness (QED) is 0.397. The van der Waals surface area contributed by atoms with Crippen molar-refractivity contribution in [3.8, 4) is 11.8 Å². The molecule has 0 saturated carbocycles. The van der Waals surface area contributed by atoms with Gasteiger partial charge in [-0.25, -0.2) is 0 Å². The molecule has 0 aliphatic heterocycles. The standard InChI is InChI=1S/C12H5Br3Se/c13-10-9(16-12(15)11(10)14)7-6-8-4-2-1-3-5-8/h1-5H. The summed E-state index contributed by atoms with van der Waals surface area (Å²) in [5.74, 6) is 6.38. The maximum atomic E-state index is 3.54. The molecule has 0 nitrogen and oxygen atoms in total. The first-order valence-corrected chi connectivity index (χ1v) is 8.48. The van der Waals surface area contributed by atoms with E-state index in [1.165, 1.54) is 3.35 Å². The Balaban J connectivity index is 2.35. The van der Waals surface area contributed by atoms with Crippen LogP contribution in [-0.4, -0.2) is 14.5 Å². The van der Waals surface area contributed by atoms with E-state index in [2.05, 4.69) is 59.6 Å². The molecule has 0 amide bonds. The van der Waals surface area contributed by atoms with Crippen LogP contribution in [-0.2, 0) is 0 Å². The fourth-order valence-electron chi connectivity index (χ4n) is 1.10. The van der Waals surface area contributed by atoms with Crippen molar-refractivity contribution in [1.82, 2.24) is 0 Å². The number of rotatable bonds is 0. The van der Waals surface area contributed by atoms with Gasteiger partial charge >= 0.3 is 127 Å². The van der Waals surface area contributed by atoms with E-state index in [1.807, 2.05) is 30.3 Å². The van der Waals surface area contributed by atoms with Crippen LogP contribution in [0.5, 0.6) is 0 Å². The van der Waals surface area contributed by atoms with Crippen molar-refractivity contribution in [3.63, 3.8) is 0 Å². The summed E-state index contributed by atoms with van der Waals surface area (Å²) >= 11 is 10.9. The Morgan fingerprint density at radius 2 is 1.56 bits per heavy atom. The molecule has 80 valence electrons. The van der Waals surface area contributed by atoms with Crippen LogP contribution in [0.4, 0.5) is 0 Å². The first-order valence-electron chi connectivity index (χ1n) is 4.39. The molecule has 0 saturated heterocycles. The normalized spacial score (nSPS) is 9.69. The Kier molecular flexibility index (Phi) is 4.52. The minimum atomic E-state index is 0.277. The van der Waals surface area contributed by atoms with Crippen molar-refractivity contribution in [3.05, 3.63) is 52.6 Å². The average molecular weight is 468 g/mol. The summed E-state index contributed by atoms with van der Waals surface area (Å²) in [4.78, 5) is 0. The molecule has 1 aromatic carbocycles. The van der Waals surface area contributed by atoms with Crippen LogP contribution in [0.1, 0.15) is 10.0 Å². The van der Waals surface area contributed by atoms with Crippen LogP contribution in [0, 0.1) is 11.8 Å². The Morgan fingerprint density at radius 3 is 2.12 bits per heavy atom. The monoisotopic (exact) mass is 466 g/mol. The predicted octanol–water partition coefficient (Wildman–Crippen LogP) is 4.43. The van der Waals surface area contributed by atoms with Gasteiger partial charge in [0.15, 0.2) is 0 Å². The second kappa shape index (κ2) is 5.71. The first kappa shape index (κ1) is 12.7. The van der Waals surface area contributed by atoms with Gasteiger partial charge in [-0.1, -0.05) is 0 Å². The van der Waals surface area contributed by atoms with Crippen LogP contribution in [0.15, 0.2) is 42.6 Å². The number of benzene rings is 1. The SMILES string of the molecule is Brc1[se]c(C#Cc2ccccc2)c(Br)c1Br. The number of hydrogen-bond donors (Lipinski definition) is 0. The Labute approximate surface area is 126 Å². The van der Waals surface area contributed by atoms with Crippen molar-refractivity contribution in [2.45, 2.75) is 0 Å². The summed E-state index contributed by atoms with van der Waals surface area (Å²) in [5, 5.41) is 0. The van der Waals surface area contributed by atoms with Gasteiger partial charge < -0.3 is 0 Å². The van der Waals surface area contributed by atoms with Crippen molar-refractivity contribution in [1.29, 1.82) is 0 Å². The first-order chi connectivity index (χ1) is 7.68. The van der Waals surface area contributed by atoms with Gasteiger partial charge in [-0.3, -0.25) is 0 Å². The number of hydrogen-bond acceptors (Lipinski definition) is 0. The molecule has 1 heterocycles. The summed E-state index contributed by atoms with van der Waals surface area (Å²) in [6.07, 6.45) is 0.